The van der Waals surface area contributed by atoms with Gasteiger partial charge in [0.05, 0.1) is 5.56 Å². The second-order valence-electron chi connectivity index (χ2n) is 3.52. The van der Waals surface area contributed by atoms with E-state index in [-0.39, 0.29) is 5.56 Å². The van der Waals surface area contributed by atoms with E-state index in [1.54, 1.807) is 36.4 Å². The number of aldehydes is 1. The average molecular weight is 225 g/mol. The third kappa shape index (κ3) is 2.06. The van der Waals surface area contributed by atoms with Crippen molar-refractivity contribution >= 4 is 6.29 Å². The molecule has 0 spiro atoms. The highest BCUT2D eigenvalue weighted by Gasteiger charge is 2.09. The summed E-state index contributed by atoms with van der Waals surface area (Å²) >= 11 is 0. The first-order valence-electron chi connectivity index (χ1n) is 5.00. The summed E-state index contributed by atoms with van der Waals surface area (Å²) in [6.45, 7) is 0. The van der Waals surface area contributed by atoms with Crippen LogP contribution in [0.25, 0.3) is 11.1 Å². The first kappa shape index (κ1) is 11.0. The van der Waals surface area contributed by atoms with Crippen molar-refractivity contribution in [2.75, 3.05) is 0 Å². The van der Waals surface area contributed by atoms with Crippen LogP contribution < -0.4 is 0 Å². The predicted molar refractivity (Wildman–Crippen MR) is 61.9 cm³/mol. The van der Waals surface area contributed by atoms with Gasteiger partial charge in [-0.2, -0.15) is 5.26 Å². The summed E-state index contributed by atoms with van der Waals surface area (Å²) in [4.78, 5) is 10.7. The van der Waals surface area contributed by atoms with E-state index in [1.807, 2.05) is 6.07 Å². The summed E-state index contributed by atoms with van der Waals surface area (Å²) in [6.07, 6.45) is 0.717. The van der Waals surface area contributed by atoms with Gasteiger partial charge in [-0.1, -0.05) is 30.3 Å². The molecule has 82 valence electrons. The van der Waals surface area contributed by atoms with Crippen LogP contribution in [0.4, 0.5) is 4.39 Å². The van der Waals surface area contributed by atoms with Gasteiger partial charge >= 0.3 is 0 Å². The van der Waals surface area contributed by atoms with Crippen molar-refractivity contribution in [3.8, 4) is 17.2 Å². The lowest BCUT2D eigenvalue weighted by Gasteiger charge is -2.05. The third-order valence-corrected chi connectivity index (χ3v) is 2.46. The number of nitrogens with zero attached hydrogens (tertiary/aromatic N) is 1. The molecule has 0 amide bonds. The molecule has 0 saturated carbocycles. The van der Waals surface area contributed by atoms with Gasteiger partial charge in [-0.05, 0) is 17.7 Å². The molecule has 3 heteroatoms. The standard InChI is InChI=1S/C14H8FNO/c15-14-6-2-5-12(13(14)8-16)11-4-1-3-10(7-11)9-17/h1-7,9H. The lowest BCUT2D eigenvalue weighted by Crippen LogP contribution is -1.90. The number of rotatable bonds is 2. The van der Waals surface area contributed by atoms with E-state index in [4.69, 9.17) is 5.26 Å². The molecule has 2 aromatic carbocycles. The average Bonchev–Trinajstić information content (AvgIpc) is 2.38. The summed E-state index contributed by atoms with van der Waals surface area (Å²) in [5.41, 5.74) is 1.65. The minimum atomic E-state index is -0.554. The Morgan fingerprint density at radius 1 is 1.18 bits per heavy atom. The summed E-state index contributed by atoms with van der Waals surface area (Å²) in [5.74, 6) is -0.554. The molecule has 0 heterocycles. The molecule has 17 heavy (non-hydrogen) atoms. The van der Waals surface area contributed by atoms with Crippen LogP contribution in [0.3, 0.4) is 0 Å². The van der Waals surface area contributed by atoms with Gasteiger partial charge in [-0.3, -0.25) is 4.79 Å². The molecule has 2 nitrogen and oxygen atoms in total. The number of nitriles is 1. The minimum absolute atomic E-state index is 0.00412. The van der Waals surface area contributed by atoms with Gasteiger partial charge in [0, 0.05) is 11.1 Å². The number of hydrogen-bond donors (Lipinski definition) is 0. The largest absolute Gasteiger partial charge is 0.298 e. The third-order valence-electron chi connectivity index (χ3n) is 2.46. The number of carbonyl (C=O) groups is 1. The minimum Gasteiger partial charge on any atom is -0.298 e. The normalized spacial score (nSPS) is 9.65. The molecule has 0 bridgehead atoms. The zero-order valence-electron chi connectivity index (χ0n) is 8.85. The number of halogens is 1. The molecular weight excluding hydrogens is 217 g/mol. The Balaban J connectivity index is 2.64. The maximum absolute atomic E-state index is 13.4. The fourth-order valence-electron chi connectivity index (χ4n) is 1.66. The SMILES string of the molecule is N#Cc1c(F)cccc1-c1cccc(C=O)c1. The van der Waals surface area contributed by atoms with Crippen LogP contribution in [0.5, 0.6) is 0 Å². The van der Waals surface area contributed by atoms with Crippen LogP contribution in [0, 0.1) is 17.1 Å². The van der Waals surface area contributed by atoms with E-state index in [9.17, 15) is 9.18 Å². The Hall–Kier alpha value is -2.47. The molecule has 0 aliphatic heterocycles. The highest BCUT2D eigenvalue weighted by atomic mass is 19.1. The van der Waals surface area contributed by atoms with E-state index >= 15 is 0 Å². The molecule has 0 unspecified atom stereocenters. The first-order valence-corrected chi connectivity index (χ1v) is 5.00. The molecule has 0 fully saturated rings. The summed E-state index contributed by atoms with van der Waals surface area (Å²) in [7, 11) is 0. The quantitative estimate of drug-likeness (QED) is 0.736. The van der Waals surface area contributed by atoms with Gasteiger partial charge < -0.3 is 0 Å². The smallest absolute Gasteiger partial charge is 0.150 e. The first-order chi connectivity index (χ1) is 8.26. The molecular formula is C14H8FNO. The predicted octanol–water partition coefficient (Wildman–Crippen LogP) is 3.18. The molecule has 0 aliphatic rings. The van der Waals surface area contributed by atoms with Crippen LogP contribution in [0.1, 0.15) is 15.9 Å². The molecule has 0 radical (unpaired) electrons. The van der Waals surface area contributed by atoms with Gasteiger partial charge in [0.15, 0.2) is 0 Å². The van der Waals surface area contributed by atoms with Crippen molar-refractivity contribution in [3.63, 3.8) is 0 Å². The lowest BCUT2D eigenvalue weighted by molar-refractivity contribution is 0.112. The lowest BCUT2D eigenvalue weighted by atomic mass is 9.98. The fourth-order valence-corrected chi connectivity index (χ4v) is 1.66. The monoisotopic (exact) mass is 225 g/mol. The molecule has 0 atom stereocenters. The maximum Gasteiger partial charge on any atom is 0.150 e. The number of carbonyl (C=O) groups excluding carboxylic acids is 1. The summed E-state index contributed by atoms with van der Waals surface area (Å²) in [5, 5.41) is 8.93. The van der Waals surface area contributed by atoms with Gasteiger partial charge in [0.25, 0.3) is 0 Å². The van der Waals surface area contributed by atoms with Crippen LogP contribution in [-0.2, 0) is 0 Å². The molecule has 2 rings (SSSR count). The highest BCUT2D eigenvalue weighted by molar-refractivity contribution is 5.80. The van der Waals surface area contributed by atoms with Crippen LogP contribution in [-0.4, -0.2) is 6.29 Å². The van der Waals surface area contributed by atoms with Gasteiger partial charge in [-0.25, -0.2) is 4.39 Å². The highest BCUT2D eigenvalue weighted by Crippen LogP contribution is 2.25. The topological polar surface area (TPSA) is 40.9 Å². The van der Waals surface area contributed by atoms with Gasteiger partial charge in [0.2, 0.25) is 0 Å². The van der Waals surface area contributed by atoms with Crippen molar-refractivity contribution in [2.45, 2.75) is 0 Å². The second-order valence-corrected chi connectivity index (χ2v) is 3.52. The van der Waals surface area contributed by atoms with E-state index in [0.29, 0.717) is 16.7 Å². The fraction of sp³-hybridized carbons (Fsp3) is 0. The zero-order valence-corrected chi connectivity index (χ0v) is 8.85. The molecule has 0 saturated heterocycles. The van der Waals surface area contributed by atoms with Crippen molar-refractivity contribution < 1.29 is 9.18 Å². The van der Waals surface area contributed by atoms with Crippen molar-refractivity contribution in [2.24, 2.45) is 0 Å². The second kappa shape index (κ2) is 4.58. The summed E-state index contributed by atoms with van der Waals surface area (Å²) in [6, 6.07) is 13.0. The molecule has 0 aromatic heterocycles. The zero-order chi connectivity index (χ0) is 12.3. The van der Waals surface area contributed by atoms with E-state index < -0.39 is 5.82 Å². The van der Waals surface area contributed by atoms with E-state index in [1.165, 1.54) is 6.07 Å². The maximum atomic E-state index is 13.4. The van der Waals surface area contributed by atoms with Gasteiger partial charge in [-0.15, -0.1) is 0 Å². The Labute approximate surface area is 97.9 Å². The van der Waals surface area contributed by atoms with Crippen molar-refractivity contribution in [1.82, 2.24) is 0 Å². The number of hydrogen-bond acceptors (Lipinski definition) is 2. The van der Waals surface area contributed by atoms with Crippen molar-refractivity contribution in [1.29, 1.82) is 5.26 Å². The molecule has 2 aromatic rings. The van der Waals surface area contributed by atoms with Crippen LogP contribution >= 0.6 is 0 Å². The van der Waals surface area contributed by atoms with Gasteiger partial charge in [0.1, 0.15) is 18.2 Å². The number of benzene rings is 2. The Morgan fingerprint density at radius 2 is 1.94 bits per heavy atom. The Bertz CT molecular complexity index is 614. The molecule has 0 N–H and O–H groups in total. The van der Waals surface area contributed by atoms with Crippen molar-refractivity contribution in [3.05, 3.63) is 59.4 Å². The van der Waals surface area contributed by atoms with E-state index in [0.717, 1.165) is 6.29 Å². The van der Waals surface area contributed by atoms with Crippen LogP contribution in [0.2, 0.25) is 0 Å². The van der Waals surface area contributed by atoms with Crippen LogP contribution in [0.15, 0.2) is 42.5 Å². The Kier molecular flexibility index (Phi) is 2.97. The van der Waals surface area contributed by atoms with E-state index in [2.05, 4.69) is 0 Å². The molecule has 0 aliphatic carbocycles. The summed E-state index contributed by atoms with van der Waals surface area (Å²) < 4.78 is 13.4. The Morgan fingerprint density at radius 3 is 2.65 bits per heavy atom.